The largest absolute Gasteiger partial charge is 0.453 e. The Morgan fingerprint density at radius 3 is 2.50 bits per heavy atom. The molecule has 0 bridgehead atoms. The molecule has 3 aromatic rings. The van der Waals surface area contributed by atoms with Gasteiger partial charge in [-0.05, 0) is 36.8 Å². The van der Waals surface area contributed by atoms with Crippen molar-refractivity contribution >= 4 is 11.5 Å². The molecule has 0 fully saturated rings. The minimum atomic E-state index is -4.61. The first-order chi connectivity index (χ1) is 10.4. The summed E-state index contributed by atoms with van der Waals surface area (Å²) < 4.78 is 39.1. The van der Waals surface area contributed by atoms with Crippen molar-refractivity contribution < 1.29 is 13.2 Å². The van der Waals surface area contributed by atoms with E-state index in [0.29, 0.717) is 10.3 Å². The van der Waals surface area contributed by atoms with E-state index in [1.807, 2.05) is 19.1 Å². The monoisotopic (exact) mass is 308 g/mol. The predicted octanol–water partition coefficient (Wildman–Crippen LogP) is 2.71. The Morgan fingerprint density at radius 1 is 1.09 bits per heavy atom. The van der Waals surface area contributed by atoms with E-state index in [1.54, 1.807) is 18.5 Å². The van der Waals surface area contributed by atoms with E-state index >= 15 is 0 Å². The number of alkyl halides is 3. The Bertz CT molecular complexity index is 783. The Kier molecular flexibility index (Phi) is 3.39. The average molecular weight is 308 g/mol. The standard InChI is InChI=1S/C13H11F3N6/c1-8(9-4-6-17-7-5-9)18-10-2-3-11-19-20-12(13(14,15)16)22(11)21-10/h2-8H,1H3,(H,18,21). The summed E-state index contributed by atoms with van der Waals surface area (Å²) in [5.74, 6) is -0.857. The SMILES string of the molecule is CC(Nc1ccc2nnc(C(F)(F)F)n2n1)c1ccncc1. The van der Waals surface area contributed by atoms with Crippen LogP contribution >= 0.6 is 0 Å². The summed E-state index contributed by atoms with van der Waals surface area (Å²) in [4.78, 5) is 3.92. The van der Waals surface area contributed by atoms with Gasteiger partial charge in [-0.1, -0.05) is 0 Å². The molecule has 3 rings (SSSR count). The second-order valence-electron chi connectivity index (χ2n) is 4.66. The summed E-state index contributed by atoms with van der Waals surface area (Å²) in [6, 6.07) is 6.48. The molecule has 0 spiro atoms. The van der Waals surface area contributed by atoms with Gasteiger partial charge >= 0.3 is 6.18 Å². The molecule has 0 amide bonds. The van der Waals surface area contributed by atoms with E-state index in [1.165, 1.54) is 6.07 Å². The minimum absolute atomic E-state index is 0.0365. The zero-order valence-corrected chi connectivity index (χ0v) is 11.4. The Labute approximate surface area is 123 Å². The van der Waals surface area contributed by atoms with Gasteiger partial charge in [-0.3, -0.25) is 4.98 Å². The van der Waals surface area contributed by atoms with E-state index < -0.39 is 12.0 Å². The second-order valence-corrected chi connectivity index (χ2v) is 4.66. The molecule has 1 unspecified atom stereocenters. The van der Waals surface area contributed by atoms with Crippen LogP contribution in [0.4, 0.5) is 19.0 Å². The van der Waals surface area contributed by atoms with Crippen LogP contribution in [0.3, 0.4) is 0 Å². The minimum Gasteiger partial charge on any atom is -0.362 e. The molecule has 0 saturated heterocycles. The number of hydrogen-bond acceptors (Lipinski definition) is 5. The lowest BCUT2D eigenvalue weighted by Gasteiger charge is -2.14. The number of nitrogens with zero attached hydrogens (tertiary/aromatic N) is 5. The maximum atomic E-state index is 12.8. The maximum absolute atomic E-state index is 12.8. The van der Waals surface area contributed by atoms with Crippen molar-refractivity contribution in [2.75, 3.05) is 5.32 Å². The summed E-state index contributed by atoms with van der Waals surface area (Å²) >= 11 is 0. The van der Waals surface area contributed by atoms with E-state index in [4.69, 9.17) is 0 Å². The first-order valence-electron chi connectivity index (χ1n) is 6.41. The van der Waals surface area contributed by atoms with Gasteiger partial charge in [0.1, 0.15) is 5.82 Å². The molecule has 0 aliphatic rings. The van der Waals surface area contributed by atoms with Crippen molar-refractivity contribution in [3.8, 4) is 0 Å². The van der Waals surface area contributed by atoms with Crippen LogP contribution in [0.1, 0.15) is 24.4 Å². The number of rotatable bonds is 3. The zero-order valence-electron chi connectivity index (χ0n) is 11.4. The number of halogens is 3. The van der Waals surface area contributed by atoms with Crippen molar-refractivity contribution in [1.82, 2.24) is 24.8 Å². The highest BCUT2D eigenvalue weighted by atomic mass is 19.4. The fraction of sp³-hybridized carbons (Fsp3) is 0.231. The van der Waals surface area contributed by atoms with Crippen LogP contribution in [0.15, 0.2) is 36.7 Å². The number of hydrogen-bond donors (Lipinski definition) is 1. The summed E-state index contributed by atoms with van der Waals surface area (Å²) in [6.45, 7) is 1.87. The van der Waals surface area contributed by atoms with Gasteiger partial charge in [0.2, 0.25) is 0 Å². The number of pyridine rings is 1. The van der Waals surface area contributed by atoms with Crippen molar-refractivity contribution in [2.45, 2.75) is 19.1 Å². The van der Waals surface area contributed by atoms with Gasteiger partial charge in [0.25, 0.3) is 5.82 Å². The van der Waals surface area contributed by atoms with Crippen LogP contribution in [0.2, 0.25) is 0 Å². The summed E-state index contributed by atoms with van der Waals surface area (Å²) in [6.07, 6.45) is -1.32. The molecular weight excluding hydrogens is 297 g/mol. The predicted molar refractivity (Wildman–Crippen MR) is 72.1 cm³/mol. The highest BCUT2D eigenvalue weighted by Gasteiger charge is 2.37. The van der Waals surface area contributed by atoms with Crippen molar-refractivity contribution in [3.05, 3.63) is 48.0 Å². The quantitative estimate of drug-likeness (QED) is 0.806. The van der Waals surface area contributed by atoms with Crippen LogP contribution in [0, 0.1) is 0 Å². The average Bonchev–Trinajstić information content (AvgIpc) is 2.91. The fourth-order valence-corrected chi connectivity index (χ4v) is 2.00. The summed E-state index contributed by atoms with van der Waals surface area (Å²) in [7, 11) is 0. The van der Waals surface area contributed by atoms with E-state index in [0.717, 1.165) is 5.56 Å². The molecule has 1 N–H and O–H groups in total. The number of aromatic nitrogens is 5. The lowest BCUT2D eigenvalue weighted by Crippen LogP contribution is -2.14. The van der Waals surface area contributed by atoms with Gasteiger partial charge in [0.15, 0.2) is 5.65 Å². The number of nitrogens with one attached hydrogen (secondary N) is 1. The highest BCUT2D eigenvalue weighted by Crippen LogP contribution is 2.27. The van der Waals surface area contributed by atoms with Crippen LogP contribution in [0.25, 0.3) is 5.65 Å². The third-order valence-corrected chi connectivity index (χ3v) is 3.09. The van der Waals surface area contributed by atoms with Crippen LogP contribution < -0.4 is 5.32 Å². The van der Waals surface area contributed by atoms with E-state index in [2.05, 4.69) is 25.6 Å². The van der Waals surface area contributed by atoms with Gasteiger partial charge in [0, 0.05) is 12.4 Å². The maximum Gasteiger partial charge on any atom is 0.453 e. The Balaban J connectivity index is 1.92. The van der Waals surface area contributed by atoms with Crippen molar-refractivity contribution in [3.63, 3.8) is 0 Å². The zero-order chi connectivity index (χ0) is 15.7. The molecule has 3 heterocycles. The number of fused-ring (bicyclic) bond motifs is 1. The molecule has 22 heavy (non-hydrogen) atoms. The molecule has 6 nitrogen and oxygen atoms in total. The first-order valence-corrected chi connectivity index (χ1v) is 6.41. The Hall–Kier alpha value is -2.71. The van der Waals surface area contributed by atoms with Crippen LogP contribution in [-0.2, 0) is 6.18 Å². The van der Waals surface area contributed by atoms with Crippen LogP contribution in [0.5, 0.6) is 0 Å². The highest BCUT2D eigenvalue weighted by molar-refractivity contribution is 5.45. The smallest absolute Gasteiger partial charge is 0.362 e. The molecule has 0 radical (unpaired) electrons. The normalized spacial score (nSPS) is 13.3. The fourth-order valence-electron chi connectivity index (χ4n) is 2.00. The third kappa shape index (κ3) is 2.69. The molecule has 3 aromatic heterocycles. The number of anilines is 1. The third-order valence-electron chi connectivity index (χ3n) is 3.09. The lowest BCUT2D eigenvalue weighted by atomic mass is 10.1. The molecule has 0 aliphatic heterocycles. The molecule has 9 heteroatoms. The molecule has 0 saturated carbocycles. The Morgan fingerprint density at radius 2 is 1.82 bits per heavy atom. The van der Waals surface area contributed by atoms with E-state index in [9.17, 15) is 13.2 Å². The van der Waals surface area contributed by atoms with Gasteiger partial charge in [-0.2, -0.15) is 17.7 Å². The topological polar surface area (TPSA) is 68.0 Å². The molecule has 114 valence electrons. The molecule has 0 aromatic carbocycles. The lowest BCUT2D eigenvalue weighted by molar-refractivity contribution is -0.146. The molecule has 0 aliphatic carbocycles. The van der Waals surface area contributed by atoms with Gasteiger partial charge in [-0.15, -0.1) is 15.3 Å². The second kappa shape index (κ2) is 5.24. The summed E-state index contributed by atoms with van der Waals surface area (Å²) in [5.41, 5.74) is 0.978. The van der Waals surface area contributed by atoms with Crippen LogP contribution in [-0.4, -0.2) is 24.8 Å². The summed E-state index contributed by atoms with van der Waals surface area (Å²) in [5, 5.41) is 13.5. The van der Waals surface area contributed by atoms with Gasteiger partial charge < -0.3 is 5.32 Å². The van der Waals surface area contributed by atoms with E-state index in [-0.39, 0.29) is 11.7 Å². The van der Waals surface area contributed by atoms with Crippen molar-refractivity contribution in [1.29, 1.82) is 0 Å². The van der Waals surface area contributed by atoms with Gasteiger partial charge in [0.05, 0.1) is 6.04 Å². The molecular formula is C13H11F3N6. The first kappa shape index (κ1) is 14.2. The molecule has 1 atom stereocenters. The van der Waals surface area contributed by atoms with Gasteiger partial charge in [-0.25, -0.2) is 0 Å². The van der Waals surface area contributed by atoms with Crippen molar-refractivity contribution in [2.24, 2.45) is 0 Å².